The summed E-state index contributed by atoms with van der Waals surface area (Å²) in [6.45, 7) is 2.42. The van der Waals surface area contributed by atoms with Crippen LogP contribution in [-0.4, -0.2) is 11.5 Å². The number of para-hydroxylation sites is 1. The third-order valence-electron chi connectivity index (χ3n) is 4.82. The molecule has 0 radical (unpaired) electrons. The van der Waals surface area contributed by atoms with Crippen molar-refractivity contribution < 1.29 is 14.1 Å². The predicted octanol–water partition coefficient (Wildman–Crippen LogP) is 4.34. The van der Waals surface area contributed by atoms with Crippen molar-refractivity contribution in [2.45, 2.75) is 25.5 Å². The second kappa shape index (κ2) is 6.85. The van der Waals surface area contributed by atoms with Crippen LogP contribution in [0.4, 0.5) is 11.4 Å². The van der Waals surface area contributed by atoms with Crippen LogP contribution in [0.25, 0.3) is 11.0 Å². The Morgan fingerprint density at radius 1 is 1.22 bits per heavy atom. The largest absolute Gasteiger partial charge is 0.421 e. The van der Waals surface area contributed by atoms with E-state index in [1.165, 1.54) is 12.1 Å². The summed E-state index contributed by atoms with van der Waals surface area (Å²) >= 11 is 0. The molecule has 138 valence electrons. The van der Waals surface area contributed by atoms with Gasteiger partial charge in [-0.2, -0.15) is 0 Å². The second-order valence-electron chi connectivity index (χ2n) is 6.40. The van der Waals surface area contributed by atoms with E-state index in [1.807, 2.05) is 25.1 Å². The molecule has 3 aromatic rings. The van der Waals surface area contributed by atoms with Crippen molar-refractivity contribution >= 4 is 22.3 Å². The molecule has 0 bridgehead atoms. The van der Waals surface area contributed by atoms with E-state index in [2.05, 4.69) is 5.32 Å². The van der Waals surface area contributed by atoms with E-state index in [0.717, 1.165) is 16.5 Å². The SMILES string of the molecule is CCO[C@H]1C[C@@H](c2ccc([N+](=O)[O-])cc2)Nc2c1c1ccccc1oc2=O. The summed E-state index contributed by atoms with van der Waals surface area (Å²) in [5, 5.41) is 15.0. The summed E-state index contributed by atoms with van der Waals surface area (Å²) in [6.07, 6.45) is 0.326. The van der Waals surface area contributed by atoms with Gasteiger partial charge in [0.2, 0.25) is 0 Å². The number of nitro benzene ring substituents is 1. The molecule has 7 heteroatoms. The molecule has 0 saturated carbocycles. The molecule has 2 atom stereocenters. The van der Waals surface area contributed by atoms with Gasteiger partial charge in [-0.3, -0.25) is 10.1 Å². The summed E-state index contributed by atoms with van der Waals surface area (Å²) in [4.78, 5) is 23.0. The average molecular weight is 366 g/mol. The van der Waals surface area contributed by atoms with E-state index >= 15 is 0 Å². The van der Waals surface area contributed by atoms with E-state index in [0.29, 0.717) is 24.3 Å². The highest BCUT2D eigenvalue weighted by molar-refractivity contribution is 5.85. The molecule has 1 aromatic heterocycles. The van der Waals surface area contributed by atoms with Crippen molar-refractivity contribution in [2.24, 2.45) is 0 Å². The van der Waals surface area contributed by atoms with Crippen molar-refractivity contribution in [3.05, 3.63) is 80.2 Å². The molecule has 1 aliphatic heterocycles. The van der Waals surface area contributed by atoms with Crippen molar-refractivity contribution in [3.8, 4) is 0 Å². The van der Waals surface area contributed by atoms with E-state index in [4.69, 9.17) is 9.15 Å². The first kappa shape index (κ1) is 17.2. The van der Waals surface area contributed by atoms with Gasteiger partial charge in [0.25, 0.3) is 5.69 Å². The Morgan fingerprint density at radius 2 is 1.96 bits per heavy atom. The lowest BCUT2D eigenvalue weighted by molar-refractivity contribution is -0.384. The van der Waals surface area contributed by atoms with Crippen molar-refractivity contribution in [3.63, 3.8) is 0 Å². The Kier molecular flexibility index (Phi) is 4.37. The van der Waals surface area contributed by atoms with Crippen LogP contribution in [0.15, 0.2) is 57.7 Å². The van der Waals surface area contributed by atoms with Gasteiger partial charge < -0.3 is 14.5 Å². The van der Waals surface area contributed by atoms with Gasteiger partial charge in [0.15, 0.2) is 0 Å². The summed E-state index contributed by atoms with van der Waals surface area (Å²) in [5.41, 5.74) is 2.16. The van der Waals surface area contributed by atoms with Crippen LogP contribution in [0.2, 0.25) is 0 Å². The fraction of sp³-hybridized carbons (Fsp3) is 0.250. The molecule has 2 heterocycles. The number of benzene rings is 2. The standard InChI is InChI=1S/C20H18N2O5/c1-2-26-17-11-15(12-7-9-13(10-8-12)22(24)25)21-19-18(17)14-5-3-4-6-16(14)27-20(19)23/h3-10,15,17,21H,2,11H2,1H3/t15-,17-/m0/s1. The number of ether oxygens (including phenoxy) is 1. The van der Waals surface area contributed by atoms with Crippen molar-refractivity contribution in [1.82, 2.24) is 0 Å². The Labute approximate surface area is 154 Å². The highest BCUT2D eigenvalue weighted by atomic mass is 16.6. The first-order valence-electron chi connectivity index (χ1n) is 8.76. The monoisotopic (exact) mass is 366 g/mol. The first-order valence-corrected chi connectivity index (χ1v) is 8.76. The maximum absolute atomic E-state index is 12.6. The van der Waals surface area contributed by atoms with E-state index in [-0.39, 0.29) is 17.8 Å². The Morgan fingerprint density at radius 3 is 2.67 bits per heavy atom. The molecular weight excluding hydrogens is 348 g/mol. The number of nitrogens with one attached hydrogen (secondary N) is 1. The molecular formula is C20H18N2O5. The number of nitro groups is 1. The Hall–Kier alpha value is -3.19. The molecule has 0 amide bonds. The lowest BCUT2D eigenvalue weighted by Gasteiger charge is -2.33. The van der Waals surface area contributed by atoms with E-state index in [1.54, 1.807) is 18.2 Å². The zero-order valence-corrected chi connectivity index (χ0v) is 14.7. The maximum Gasteiger partial charge on any atom is 0.360 e. The number of fused-ring (bicyclic) bond motifs is 3. The van der Waals surface area contributed by atoms with Crippen LogP contribution in [0.5, 0.6) is 0 Å². The van der Waals surface area contributed by atoms with Crippen LogP contribution in [0.3, 0.4) is 0 Å². The number of hydrogen-bond acceptors (Lipinski definition) is 6. The third-order valence-corrected chi connectivity index (χ3v) is 4.82. The summed E-state index contributed by atoms with van der Waals surface area (Å²) < 4.78 is 11.4. The molecule has 27 heavy (non-hydrogen) atoms. The minimum atomic E-state index is -0.444. The molecule has 2 aromatic carbocycles. The molecule has 4 rings (SSSR count). The predicted molar refractivity (Wildman–Crippen MR) is 101 cm³/mol. The number of nitrogens with zero attached hydrogens (tertiary/aromatic N) is 1. The van der Waals surface area contributed by atoms with Crippen LogP contribution in [-0.2, 0) is 4.74 Å². The van der Waals surface area contributed by atoms with Gasteiger partial charge in [-0.05, 0) is 18.6 Å². The van der Waals surface area contributed by atoms with Crippen molar-refractivity contribution in [1.29, 1.82) is 0 Å². The van der Waals surface area contributed by atoms with Crippen LogP contribution < -0.4 is 10.9 Å². The Bertz CT molecular complexity index is 1060. The summed E-state index contributed by atoms with van der Waals surface area (Å²) in [5.74, 6) is 0. The first-order chi connectivity index (χ1) is 13.1. The van der Waals surface area contributed by atoms with Crippen LogP contribution in [0, 0.1) is 10.1 Å². The molecule has 0 aliphatic carbocycles. The van der Waals surface area contributed by atoms with Gasteiger partial charge in [-0.15, -0.1) is 0 Å². The van der Waals surface area contributed by atoms with E-state index in [9.17, 15) is 14.9 Å². The van der Waals surface area contributed by atoms with Crippen molar-refractivity contribution in [2.75, 3.05) is 11.9 Å². The van der Waals surface area contributed by atoms with Gasteiger partial charge in [-0.1, -0.05) is 30.3 Å². The van der Waals surface area contributed by atoms with Gasteiger partial charge in [0, 0.05) is 36.1 Å². The van der Waals surface area contributed by atoms with Crippen LogP contribution in [0.1, 0.15) is 36.6 Å². The fourth-order valence-electron chi connectivity index (χ4n) is 3.61. The molecule has 0 saturated heterocycles. The second-order valence-corrected chi connectivity index (χ2v) is 6.40. The molecule has 0 unspecified atom stereocenters. The molecule has 1 N–H and O–H groups in total. The lowest BCUT2D eigenvalue weighted by atomic mass is 9.89. The summed E-state index contributed by atoms with van der Waals surface area (Å²) in [6, 6.07) is 13.5. The van der Waals surface area contributed by atoms with Gasteiger partial charge in [0.1, 0.15) is 11.3 Å². The minimum absolute atomic E-state index is 0.0295. The highest BCUT2D eigenvalue weighted by Crippen LogP contribution is 2.42. The lowest BCUT2D eigenvalue weighted by Crippen LogP contribution is -2.28. The van der Waals surface area contributed by atoms with E-state index < -0.39 is 10.5 Å². The highest BCUT2D eigenvalue weighted by Gasteiger charge is 2.32. The van der Waals surface area contributed by atoms with Crippen LogP contribution >= 0.6 is 0 Å². The topological polar surface area (TPSA) is 94.6 Å². The molecule has 7 nitrogen and oxygen atoms in total. The zero-order valence-electron chi connectivity index (χ0n) is 14.7. The molecule has 0 spiro atoms. The number of non-ortho nitro benzene ring substituents is 1. The zero-order chi connectivity index (χ0) is 19.0. The maximum atomic E-state index is 12.6. The molecule has 1 aliphatic rings. The average Bonchev–Trinajstić information content (AvgIpc) is 2.68. The smallest absolute Gasteiger partial charge is 0.360 e. The van der Waals surface area contributed by atoms with Gasteiger partial charge >= 0.3 is 5.63 Å². The third kappa shape index (κ3) is 3.06. The van der Waals surface area contributed by atoms with Gasteiger partial charge in [-0.25, -0.2) is 4.79 Å². The molecule has 0 fully saturated rings. The normalized spacial score (nSPS) is 18.7. The number of hydrogen-bond donors (Lipinski definition) is 1. The number of anilines is 1. The van der Waals surface area contributed by atoms with Gasteiger partial charge in [0.05, 0.1) is 17.1 Å². The Balaban J connectivity index is 1.80. The fourth-order valence-corrected chi connectivity index (χ4v) is 3.61. The minimum Gasteiger partial charge on any atom is -0.421 e. The summed E-state index contributed by atoms with van der Waals surface area (Å²) in [7, 11) is 0. The quantitative estimate of drug-likeness (QED) is 0.419. The number of rotatable bonds is 4.